The molecular formula is C12H13N5. The Labute approximate surface area is 99.4 Å². The maximum atomic E-state index is 4.68. The molecule has 0 N–H and O–H groups in total. The molecule has 17 heavy (non-hydrogen) atoms. The Kier molecular flexibility index (Phi) is 2.18. The van der Waals surface area contributed by atoms with Gasteiger partial charge in [0.1, 0.15) is 18.0 Å². The summed E-state index contributed by atoms with van der Waals surface area (Å²) in [5.74, 6) is 1.91. The third kappa shape index (κ3) is 1.60. The number of aromatic nitrogens is 3. The Balaban J connectivity index is 2.25. The zero-order valence-electron chi connectivity index (χ0n) is 9.83. The smallest absolute Gasteiger partial charge is 0.145 e. The summed E-state index contributed by atoms with van der Waals surface area (Å²) < 4.78 is 2.00. The lowest BCUT2D eigenvalue weighted by molar-refractivity contribution is 0.607. The Morgan fingerprint density at radius 2 is 2.06 bits per heavy atom. The summed E-state index contributed by atoms with van der Waals surface area (Å²) in [5.41, 5.74) is 1.99. The maximum absolute atomic E-state index is 4.68. The van der Waals surface area contributed by atoms with Gasteiger partial charge in [-0.3, -0.25) is 4.57 Å². The first kappa shape index (κ1) is 10.0. The molecule has 1 aliphatic rings. The van der Waals surface area contributed by atoms with Crippen molar-refractivity contribution in [3.63, 3.8) is 0 Å². The van der Waals surface area contributed by atoms with E-state index < -0.39 is 0 Å². The van der Waals surface area contributed by atoms with Crippen molar-refractivity contribution in [2.75, 3.05) is 14.1 Å². The Morgan fingerprint density at radius 1 is 1.24 bits per heavy atom. The summed E-state index contributed by atoms with van der Waals surface area (Å²) in [6.45, 7) is 0. The van der Waals surface area contributed by atoms with Gasteiger partial charge in [0.15, 0.2) is 0 Å². The van der Waals surface area contributed by atoms with Gasteiger partial charge in [0.2, 0.25) is 0 Å². The summed E-state index contributed by atoms with van der Waals surface area (Å²) in [5, 5.41) is 8.13. The highest BCUT2D eigenvalue weighted by Gasteiger charge is 2.17. The molecule has 1 aliphatic heterocycles. The highest BCUT2D eigenvalue weighted by Crippen LogP contribution is 2.27. The Morgan fingerprint density at radius 3 is 2.88 bits per heavy atom. The van der Waals surface area contributed by atoms with E-state index in [4.69, 9.17) is 0 Å². The van der Waals surface area contributed by atoms with Gasteiger partial charge < -0.3 is 4.90 Å². The molecule has 0 bridgehead atoms. The summed E-state index contributed by atoms with van der Waals surface area (Å²) in [6, 6.07) is 8.03. The number of hydrogen-bond donors (Lipinski definition) is 0. The van der Waals surface area contributed by atoms with Crippen LogP contribution in [-0.2, 0) is 6.42 Å². The lowest BCUT2D eigenvalue weighted by Crippen LogP contribution is -2.24. The van der Waals surface area contributed by atoms with Crippen LogP contribution in [0.5, 0.6) is 0 Å². The second-order valence-electron chi connectivity index (χ2n) is 4.21. The molecule has 0 atom stereocenters. The third-order valence-corrected chi connectivity index (χ3v) is 2.84. The summed E-state index contributed by atoms with van der Waals surface area (Å²) in [7, 11) is 3.99. The molecule has 1 aromatic carbocycles. The number of amidine groups is 1. The normalized spacial score (nSPS) is 13.4. The highest BCUT2D eigenvalue weighted by atomic mass is 15.3. The van der Waals surface area contributed by atoms with Crippen LogP contribution in [0.1, 0.15) is 5.82 Å². The van der Waals surface area contributed by atoms with Gasteiger partial charge in [-0.25, -0.2) is 4.99 Å². The fourth-order valence-electron chi connectivity index (χ4n) is 1.92. The first-order valence-corrected chi connectivity index (χ1v) is 5.49. The lowest BCUT2D eigenvalue weighted by atomic mass is 10.2. The average Bonchev–Trinajstić information content (AvgIpc) is 2.71. The molecule has 3 rings (SSSR count). The van der Waals surface area contributed by atoms with Crippen molar-refractivity contribution in [3.05, 3.63) is 36.4 Å². The van der Waals surface area contributed by atoms with Crippen LogP contribution in [0.25, 0.3) is 5.69 Å². The van der Waals surface area contributed by atoms with Gasteiger partial charge in [-0.2, -0.15) is 0 Å². The number of rotatable bonds is 0. The van der Waals surface area contributed by atoms with E-state index in [-0.39, 0.29) is 0 Å². The van der Waals surface area contributed by atoms with Gasteiger partial charge in [-0.15, -0.1) is 10.2 Å². The number of nitrogens with zero attached hydrogens (tertiary/aromatic N) is 5. The predicted molar refractivity (Wildman–Crippen MR) is 65.8 cm³/mol. The monoisotopic (exact) mass is 227 g/mol. The molecule has 86 valence electrons. The summed E-state index contributed by atoms with van der Waals surface area (Å²) in [6.07, 6.45) is 2.43. The van der Waals surface area contributed by atoms with Gasteiger partial charge >= 0.3 is 0 Å². The van der Waals surface area contributed by atoms with Crippen LogP contribution in [0.3, 0.4) is 0 Å². The van der Waals surface area contributed by atoms with Crippen molar-refractivity contribution in [1.82, 2.24) is 19.7 Å². The molecule has 0 aliphatic carbocycles. The zero-order chi connectivity index (χ0) is 11.8. The van der Waals surface area contributed by atoms with Crippen LogP contribution in [0.2, 0.25) is 0 Å². The molecule has 2 aromatic rings. The minimum absolute atomic E-state index is 0.696. The molecule has 1 aromatic heterocycles. The first-order valence-electron chi connectivity index (χ1n) is 5.49. The molecule has 0 saturated carbocycles. The van der Waals surface area contributed by atoms with E-state index in [1.165, 1.54) is 0 Å². The van der Waals surface area contributed by atoms with Crippen LogP contribution < -0.4 is 0 Å². The van der Waals surface area contributed by atoms with Crippen molar-refractivity contribution < 1.29 is 0 Å². The van der Waals surface area contributed by atoms with Crippen LogP contribution >= 0.6 is 0 Å². The molecule has 0 saturated heterocycles. The SMILES string of the molecule is CN(C)C1=Nc2ccccc2-n2cnnc2C1. The summed E-state index contributed by atoms with van der Waals surface area (Å²) >= 11 is 0. The number of para-hydroxylation sites is 2. The quantitative estimate of drug-likeness (QED) is 0.683. The minimum Gasteiger partial charge on any atom is -0.366 e. The lowest BCUT2D eigenvalue weighted by Gasteiger charge is -2.13. The molecule has 0 fully saturated rings. The van der Waals surface area contributed by atoms with Crippen LogP contribution in [0.4, 0.5) is 5.69 Å². The predicted octanol–water partition coefficient (Wildman–Crippen LogP) is 1.41. The van der Waals surface area contributed by atoms with Crippen molar-refractivity contribution in [3.8, 4) is 5.69 Å². The van der Waals surface area contributed by atoms with E-state index in [9.17, 15) is 0 Å². The van der Waals surface area contributed by atoms with E-state index in [0.717, 1.165) is 23.0 Å². The van der Waals surface area contributed by atoms with Gasteiger partial charge in [-0.05, 0) is 12.1 Å². The second kappa shape index (κ2) is 3.69. The van der Waals surface area contributed by atoms with Gasteiger partial charge in [0, 0.05) is 14.1 Å². The fourth-order valence-corrected chi connectivity index (χ4v) is 1.92. The molecule has 5 nitrogen and oxygen atoms in total. The van der Waals surface area contributed by atoms with E-state index in [0.29, 0.717) is 6.42 Å². The number of benzene rings is 1. The Bertz CT molecular complexity index is 582. The number of aliphatic imine (C=N–C) groups is 1. The van der Waals surface area contributed by atoms with Crippen LogP contribution in [-0.4, -0.2) is 39.6 Å². The first-order chi connectivity index (χ1) is 8.25. The number of likely N-dealkylation sites (N-methyl/N-ethyl adjacent to an activating group) is 1. The van der Waals surface area contributed by atoms with Crippen molar-refractivity contribution >= 4 is 11.5 Å². The van der Waals surface area contributed by atoms with Gasteiger partial charge in [0.25, 0.3) is 0 Å². The number of hydrogen-bond acceptors (Lipinski definition) is 4. The topological polar surface area (TPSA) is 46.3 Å². The van der Waals surface area contributed by atoms with E-state index in [2.05, 4.69) is 15.2 Å². The standard InChI is InChI=1S/C12H13N5/c1-16(2)11-7-12-15-13-8-17(12)10-6-4-3-5-9(10)14-11/h3-6,8H,7H2,1-2H3. The molecule has 0 spiro atoms. The molecule has 2 heterocycles. The maximum Gasteiger partial charge on any atom is 0.145 e. The van der Waals surface area contributed by atoms with Gasteiger partial charge in [-0.1, -0.05) is 12.1 Å². The minimum atomic E-state index is 0.696. The molecule has 0 radical (unpaired) electrons. The van der Waals surface area contributed by atoms with E-state index in [1.807, 2.05) is 47.8 Å². The van der Waals surface area contributed by atoms with Crippen molar-refractivity contribution in [2.45, 2.75) is 6.42 Å². The largest absolute Gasteiger partial charge is 0.366 e. The molecular weight excluding hydrogens is 214 g/mol. The molecule has 5 heteroatoms. The van der Waals surface area contributed by atoms with E-state index >= 15 is 0 Å². The van der Waals surface area contributed by atoms with Crippen LogP contribution in [0.15, 0.2) is 35.6 Å². The Hall–Kier alpha value is -2.17. The van der Waals surface area contributed by atoms with E-state index in [1.54, 1.807) is 6.33 Å². The zero-order valence-corrected chi connectivity index (χ0v) is 9.83. The van der Waals surface area contributed by atoms with Crippen molar-refractivity contribution in [1.29, 1.82) is 0 Å². The highest BCUT2D eigenvalue weighted by molar-refractivity contribution is 5.88. The van der Waals surface area contributed by atoms with Gasteiger partial charge in [0.05, 0.1) is 17.8 Å². The summed E-state index contributed by atoms with van der Waals surface area (Å²) in [4.78, 5) is 6.69. The van der Waals surface area contributed by atoms with Crippen molar-refractivity contribution in [2.24, 2.45) is 4.99 Å². The molecule has 0 unspecified atom stereocenters. The third-order valence-electron chi connectivity index (χ3n) is 2.84. The second-order valence-corrected chi connectivity index (χ2v) is 4.21. The fraction of sp³-hybridized carbons (Fsp3) is 0.250. The molecule has 0 amide bonds. The average molecular weight is 227 g/mol. The van der Waals surface area contributed by atoms with Crippen LogP contribution in [0, 0.1) is 0 Å². The number of fused-ring (bicyclic) bond motifs is 3.